The van der Waals surface area contributed by atoms with Gasteiger partial charge in [-0.1, -0.05) is 26.2 Å². The van der Waals surface area contributed by atoms with Crippen LogP contribution >= 0.6 is 0 Å². The van der Waals surface area contributed by atoms with Gasteiger partial charge in [0.1, 0.15) is 11.6 Å². The van der Waals surface area contributed by atoms with Crippen LogP contribution in [0, 0.1) is 17.7 Å². The quantitative estimate of drug-likeness (QED) is 0.793. The van der Waals surface area contributed by atoms with Gasteiger partial charge in [-0.25, -0.2) is 4.39 Å². The van der Waals surface area contributed by atoms with Crippen molar-refractivity contribution in [3.8, 4) is 5.75 Å². The second-order valence-electron chi connectivity index (χ2n) is 5.92. The number of phenols is 1. The summed E-state index contributed by atoms with van der Waals surface area (Å²) in [5, 5.41) is 12.7. The van der Waals surface area contributed by atoms with Crippen LogP contribution in [-0.4, -0.2) is 11.7 Å². The fraction of sp³-hybridized carbons (Fsp3) is 0.625. The first kappa shape index (κ1) is 14.3. The second kappa shape index (κ2) is 6.90. The van der Waals surface area contributed by atoms with Crippen LogP contribution in [0.25, 0.3) is 0 Å². The Morgan fingerprint density at radius 3 is 2.89 bits per heavy atom. The summed E-state index contributed by atoms with van der Waals surface area (Å²) in [6, 6.07) is 4.21. The van der Waals surface area contributed by atoms with E-state index in [1.165, 1.54) is 38.2 Å². The molecule has 1 aliphatic rings. The fourth-order valence-corrected chi connectivity index (χ4v) is 3.10. The van der Waals surface area contributed by atoms with Crippen molar-refractivity contribution >= 4 is 0 Å². The van der Waals surface area contributed by atoms with Gasteiger partial charge >= 0.3 is 0 Å². The van der Waals surface area contributed by atoms with Crippen molar-refractivity contribution in [1.82, 2.24) is 5.32 Å². The van der Waals surface area contributed by atoms with Crippen LogP contribution in [0.3, 0.4) is 0 Å². The molecule has 1 aliphatic carbocycles. The number of hydrogen-bond acceptors (Lipinski definition) is 2. The van der Waals surface area contributed by atoms with E-state index in [0.29, 0.717) is 6.54 Å². The predicted molar refractivity (Wildman–Crippen MR) is 75.5 cm³/mol. The average molecular weight is 265 g/mol. The van der Waals surface area contributed by atoms with Crippen molar-refractivity contribution in [2.75, 3.05) is 6.54 Å². The zero-order chi connectivity index (χ0) is 13.7. The van der Waals surface area contributed by atoms with Crippen molar-refractivity contribution in [2.45, 2.75) is 45.6 Å². The van der Waals surface area contributed by atoms with Gasteiger partial charge in [0.15, 0.2) is 0 Å². The molecule has 0 spiro atoms. The van der Waals surface area contributed by atoms with Gasteiger partial charge in [-0.05, 0) is 48.9 Å². The van der Waals surface area contributed by atoms with Gasteiger partial charge in [0, 0.05) is 12.6 Å². The van der Waals surface area contributed by atoms with Crippen molar-refractivity contribution in [3.05, 3.63) is 29.6 Å². The summed E-state index contributed by atoms with van der Waals surface area (Å²) in [5.41, 5.74) is 0.800. The highest BCUT2D eigenvalue weighted by Crippen LogP contribution is 2.30. The maximum Gasteiger partial charge on any atom is 0.127 e. The lowest BCUT2D eigenvalue weighted by Crippen LogP contribution is -2.21. The normalized spacial score (nSPS) is 23.5. The van der Waals surface area contributed by atoms with Crippen molar-refractivity contribution < 1.29 is 9.50 Å². The molecule has 2 rings (SSSR count). The van der Waals surface area contributed by atoms with Crippen LogP contribution in [0.15, 0.2) is 18.2 Å². The van der Waals surface area contributed by atoms with Gasteiger partial charge in [-0.15, -0.1) is 0 Å². The number of benzene rings is 1. The molecule has 1 aromatic carbocycles. The van der Waals surface area contributed by atoms with Gasteiger partial charge in [0.25, 0.3) is 0 Å². The molecule has 2 atom stereocenters. The molecule has 2 N–H and O–H groups in total. The van der Waals surface area contributed by atoms with Crippen LogP contribution in [0.1, 0.15) is 44.6 Å². The van der Waals surface area contributed by atoms with E-state index in [9.17, 15) is 9.50 Å². The molecule has 0 amide bonds. The topological polar surface area (TPSA) is 32.3 Å². The molecule has 1 saturated carbocycles. The highest BCUT2D eigenvalue weighted by molar-refractivity contribution is 5.28. The monoisotopic (exact) mass is 265 g/mol. The van der Waals surface area contributed by atoms with Gasteiger partial charge in [0.05, 0.1) is 0 Å². The highest BCUT2D eigenvalue weighted by Gasteiger charge is 2.18. The molecule has 0 aromatic heterocycles. The van der Waals surface area contributed by atoms with E-state index in [2.05, 4.69) is 12.2 Å². The fourth-order valence-electron chi connectivity index (χ4n) is 3.10. The number of halogens is 1. The summed E-state index contributed by atoms with van der Waals surface area (Å²) < 4.78 is 13.1. The first-order valence-corrected chi connectivity index (χ1v) is 7.32. The van der Waals surface area contributed by atoms with Crippen molar-refractivity contribution in [3.63, 3.8) is 0 Å². The van der Waals surface area contributed by atoms with E-state index in [1.807, 2.05) is 0 Å². The predicted octanol–water partition coefficient (Wildman–Crippen LogP) is 3.84. The summed E-state index contributed by atoms with van der Waals surface area (Å²) in [4.78, 5) is 0. The Kier molecular flexibility index (Phi) is 5.20. The SMILES string of the molecule is CC1CCCC(CCNCc2cc(O)cc(F)c2)C1. The number of nitrogens with one attached hydrogen (secondary N) is 1. The Bertz CT molecular complexity index is 387. The van der Waals surface area contributed by atoms with Gasteiger partial charge in [-0.3, -0.25) is 0 Å². The van der Waals surface area contributed by atoms with E-state index >= 15 is 0 Å². The summed E-state index contributed by atoms with van der Waals surface area (Å²) in [5.74, 6) is 1.34. The zero-order valence-corrected chi connectivity index (χ0v) is 11.7. The minimum atomic E-state index is -0.377. The van der Waals surface area contributed by atoms with E-state index in [0.717, 1.165) is 30.0 Å². The highest BCUT2D eigenvalue weighted by atomic mass is 19.1. The lowest BCUT2D eigenvalue weighted by atomic mass is 9.81. The summed E-state index contributed by atoms with van der Waals surface area (Å²) in [6.07, 6.45) is 6.65. The lowest BCUT2D eigenvalue weighted by molar-refractivity contribution is 0.267. The standard InChI is InChI=1S/C16H24FNO/c1-12-3-2-4-13(7-12)5-6-18-11-14-8-15(17)10-16(19)9-14/h8-10,12-13,18-19H,2-7,11H2,1H3. The Morgan fingerprint density at radius 1 is 1.32 bits per heavy atom. The number of phenolic OH excluding ortho intramolecular Hbond substituents is 1. The third-order valence-electron chi connectivity index (χ3n) is 4.05. The van der Waals surface area contributed by atoms with Crippen molar-refractivity contribution in [1.29, 1.82) is 0 Å². The molecule has 0 heterocycles. The Morgan fingerprint density at radius 2 is 2.16 bits per heavy atom. The Labute approximate surface area is 115 Å². The zero-order valence-electron chi connectivity index (χ0n) is 11.7. The second-order valence-corrected chi connectivity index (χ2v) is 5.92. The van der Waals surface area contributed by atoms with Crippen LogP contribution in [-0.2, 0) is 6.54 Å². The van der Waals surface area contributed by atoms with E-state index in [1.54, 1.807) is 6.07 Å². The van der Waals surface area contributed by atoms with Crippen LogP contribution in [0.4, 0.5) is 4.39 Å². The first-order valence-electron chi connectivity index (χ1n) is 7.32. The lowest BCUT2D eigenvalue weighted by Gasteiger charge is -2.26. The van der Waals surface area contributed by atoms with Gasteiger partial charge in [-0.2, -0.15) is 0 Å². The average Bonchev–Trinajstić information content (AvgIpc) is 2.34. The molecule has 1 aromatic rings. The van der Waals surface area contributed by atoms with E-state index in [4.69, 9.17) is 0 Å². The van der Waals surface area contributed by atoms with Crippen LogP contribution in [0.5, 0.6) is 5.75 Å². The number of aromatic hydroxyl groups is 1. The third kappa shape index (κ3) is 4.83. The number of rotatable bonds is 5. The molecule has 2 unspecified atom stereocenters. The molecule has 1 fully saturated rings. The molecule has 2 nitrogen and oxygen atoms in total. The molecular formula is C16H24FNO. The smallest absolute Gasteiger partial charge is 0.127 e. The summed E-state index contributed by atoms with van der Waals surface area (Å²) in [7, 11) is 0. The molecule has 0 aliphatic heterocycles. The molecule has 19 heavy (non-hydrogen) atoms. The largest absolute Gasteiger partial charge is 0.508 e. The molecule has 0 saturated heterocycles. The van der Waals surface area contributed by atoms with Crippen molar-refractivity contribution in [2.24, 2.45) is 11.8 Å². The summed E-state index contributed by atoms with van der Waals surface area (Å²) >= 11 is 0. The summed E-state index contributed by atoms with van der Waals surface area (Å²) in [6.45, 7) is 3.93. The molecule has 0 bridgehead atoms. The van der Waals surface area contributed by atoms with Crippen LogP contribution in [0.2, 0.25) is 0 Å². The minimum Gasteiger partial charge on any atom is -0.508 e. The Balaban J connectivity index is 1.68. The first-order chi connectivity index (χ1) is 9.13. The van der Waals surface area contributed by atoms with Gasteiger partial charge in [0.2, 0.25) is 0 Å². The minimum absolute atomic E-state index is 0.00194. The molecular weight excluding hydrogens is 241 g/mol. The Hall–Kier alpha value is -1.09. The van der Waals surface area contributed by atoms with E-state index < -0.39 is 0 Å². The van der Waals surface area contributed by atoms with Crippen LogP contribution < -0.4 is 5.32 Å². The van der Waals surface area contributed by atoms with Gasteiger partial charge < -0.3 is 10.4 Å². The molecule has 0 radical (unpaired) electrons. The van der Waals surface area contributed by atoms with E-state index in [-0.39, 0.29) is 11.6 Å². The number of hydrogen-bond donors (Lipinski definition) is 2. The maximum absolute atomic E-state index is 13.1. The molecule has 3 heteroatoms. The maximum atomic E-state index is 13.1. The molecule has 106 valence electrons. The third-order valence-corrected chi connectivity index (χ3v) is 4.05.